The van der Waals surface area contributed by atoms with Crippen LogP contribution in [0.5, 0.6) is 0 Å². The number of anilines is 1. The van der Waals surface area contributed by atoms with Crippen molar-refractivity contribution in [2.75, 3.05) is 5.43 Å². The van der Waals surface area contributed by atoms with Crippen LogP contribution in [0.1, 0.15) is 0 Å². The Morgan fingerprint density at radius 2 is 1.67 bits per heavy atom. The number of rotatable bonds is 5. The number of nitrogens with zero attached hydrogens (tertiary/aromatic N) is 8. The van der Waals surface area contributed by atoms with E-state index in [1.807, 2.05) is 0 Å². The first-order valence-electron chi connectivity index (χ1n) is 5.41. The molecule has 0 aliphatic rings. The predicted molar refractivity (Wildman–Crippen MR) is 67.9 cm³/mol. The molecule has 0 aliphatic carbocycles. The van der Waals surface area contributed by atoms with E-state index in [2.05, 4.69) is 26.0 Å². The van der Waals surface area contributed by atoms with Crippen LogP contribution >= 0.6 is 0 Å². The van der Waals surface area contributed by atoms with Crippen molar-refractivity contribution in [2.45, 2.75) is 0 Å². The van der Waals surface area contributed by atoms with Gasteiger partial charge in [-0.3, -0.25) is 0 Å². The lowest BCUT2D eigenvalue weighted by atomic mass is 10.5. The first-order valence-corrected chi connectivity index (χ1v) is 5.41. The van der Waals surface area contributed by atoms with E-state index in [0.717, 1.165) is 0 Å². The molecule has 0 atom stereocenters. The third-order valence-electron chi connectivity index (χ3n) is 2.27. The molecule has 2 aromatic heterocycles. The average molecular weight is 295 g/mol. The van der Waals surface area contributed by atoms with Crippen LogP contribution in [-0.2, 0) is 14.1 Å². The molecule has 0 unspecified atom stereocenters. The molecule has 0 spiro atoms. The van der Waals surface area contributed by atoms with Crippen molar-refractivity contribution >= 4 is 23.0 Å². The number of hydrogen-bond acceptors (Lipinski definition) is 8. The summed E-state index contributed by atoms with van der Waals surface area (Å²) in [4.78, 5) is 20.1. The largest absolute Gasteiger partial charge is 0.417 e. The van der Waals surface area contributed by atoms with E-state index in [-0.39, 0.29) is 11.4 Å². The first-order chi connectivity index (χ1) is 9.88. The number of hydrogen-bond donors (Lipinski definition) is 1. The van der Waals surface area contributed by atoms with Crippen LogP contribution in [-0.4, -0.2) is 29.4 Å². The minimum absolute atomic E-state index is 0.0118. The molecule has 21 heavy (non-hydrogen) atoms. The van der Waals surface area contributed by atoms with E-state index >= 15 is 0 Å². The topological polar surface area (TPSA) is 159 Å². The molecule has 2 heterocycles. The summed E-state index contributed by atoms with van der Waals surface area (Å²) in [5, 5.41) is 35.7. The Balaban J connectivity index is 2.20. The Bertz CT molecular complexity index is 730. The predicted octanol–water partition coefficient (Wildman–Crippen LogP) is 1.08. The van der Waals surface area contributed by atoms with Crippen LogP contribution in [0.3, 0.4) is 0 Å². The summed E-state index contributed by atoms with van der Waals surface area (Å²) in [5.41, 5.74) is 2.24. The van der Waals surface area contributed by atoms with E-state index in [1.54, 1.807) is 0 Å². The van der Waals surface area contributed by atoms with E-state index in [9.17, 15) is 20.2 Å². The molecule has 13 heteroatoms. The summed E-state index contributed by atoms with van der Waals surface area (Å²) < 4.78 is 2.43. The zero-order valence-corrected chi connectivity index (χ0v) is 10.9. The fraction of sp³-hybridized carbons (Fsp3) is 0.250. The SMILES string of the molecule is Cn1cc(N=NNc2cn(C)nc2[N+](=O)[O-])c([N+](=O)[O-])n1. The molecule has 110 valence electrons. The second kappa shape index (κ2) is 5.32. The third-order valence-corrected chi connectivity index (χ3v) is 2.27. The highest BCUT2D eigenvalue weighted by atomic mass is 16.6. The highest BCUT2D eigenvalue weighted by Crippen LogP contribution is 2.26. The molecule has 0 amide bonds. The smallest absolute Gasteiger partial charge is 0.358 e. The Kier molecular flexibility index (Phi) is 3.55. The Morgan fingerprint density at radius 1 is 1.10 bits per heavy atom. The Hall–Kier alpha value is -3.38. The van der Waals surface area contributed by atoms with Gasteiger partial charge in [0.1, 0.15) is 0 Å². The van der Waals surface area contributed by atoms with Gasteiger partial charge in [0, 0.05) is 0 Å². The lowest BCUT2D eigenvalue weighted by Gasteiger charge is -1.93. The molecule has 0 radical (unpaired) electrons. The van der Waals surface area contributed by atoms with Crippen LogP contribution in [0.2, 0.25) is 0 Å². The van der Waals surface area contributed by atoms with Crippen LogP contribution in [0, 0.1) is 20.2 Å². The van der Waals surface area contributed by atoms with Crippen molar-refractivity contribution in [3.8, 4) is 0 Å². The molecular weight excluding hydrogens is 286 g/mol. The number of aryl methyl sites for hydroxylation is 2. The molecule has 0 aromatic carbocycles. The van der Waals surface area contributed by atoms with Gasteiger partial charge in [0.2, 0.25) is 5.69 Å². The van der Waals surface area contributed by atoms with Gasteiger partial charge in [-0.05, 0) is 9.85 Å². The molecule has 0 bridgehead atoms. The minimum atomic E-state index is -0.707. The summed E-state index contributed by atoms with van der Waals surface area (Å²) in [6, 6.07) is 0. The maximum absolute atomic E-state index is 10.7. The van der Waals surface area contributed by atoms with Crippen molar-refractivity contribution in [2.24, 2.45) is 24.4 Å². The maximum Gasteiger partial charge on any atom is 0.417 e. The van der Waals surface area contributed by atoms with Gasteiger partial charge in [-0.25, -0.2) is 5.43 Å². The number of nitro groups is 2. The van der Waals surface area contributed by atoms with Crippen LogP contribution in [0.25, 0.3) is 0 Å². The molecule has 0 aliphatic heterocycles. The highest BCUT2D eigenvalue weighted by Gasteiger charge is 2.21. The third kappa shape index (κ3) is 2.96. The standard InChI is InChI=1S/C8H9N9O4/c1-14-3-5(7(11-14)16(18)19)9-13-10-6-4-15(2)12-8(6)17(20)21/h3-4H,1-2H3,(H,9,10). The lowest BCUT2D eigenvalue weighted by molar-refractivity contribution is -0.389. The summed E-state index contributed by atoms with van der Waals surface area (Å²) in [5.74, 6) is -0.902. The van der Waals surface area contributed by atoms with Gasteiger partial charge in [0.05, 0.1) is 36.7 Å². The molecule has 0 saturated heterocycles. The zero-order valence-electron chi connectivity index (χ0n) is 10.9. The molecule has 2 rings (SSSR count). The first kappa shape index (κ1) is 14.0. The monoisotopic (exact) mass is 295 g/mol. The van der Waals surface area contributed by atoms with Gasteiger partial charge in [-0.1, -0.05) is 5.22 Å². The number of aromatic nitrogens is 4. The Labute approximate surface area is 116 Å². The van der Waals surface area contributed by atoms with E-state index in [4.69, 9.17) is 0 Å². The lowest BCUT2D eigenvalue weighted by Crippen LogP contribution is -1.94. The van der Waals surface area contributed by atoms with Crippen LogP contribution in [0.4, 0.5) is 23.0 Å². The van der Waals surface area contributed by atoms with Crippen molar-refractivity contribution in [3.05, 3.63) is 32.6 Å². The minimum Gasteiger partial charge on any atom is -0.358 e. The van der Waals surface area contributed by atoms with Gasteiger partial charge >= 0.3 is 11.6 Å². The van der Waals surface area contributed by atoms with Gasteiger partial charge < -0.3 is 20.2 Å². The highest BCUT2D eigenvalue weighted by molar-refractivity contribution is 5.55. The van der Waals surface area contributed by atoms with Crippen molar-refractivity contribution in [3.63, 3.8) is 0 Å². The summed E-state index contributed by atoms with van der Waals surface area (Å²) in [7, 11) is 2.99. The molecule has 0 saturated carbocycles. The fourth-order valence-electron chi connectivity index (χ4n) is 1.49. The van der Waals surface area contributed by atoms with Gasteiger partial charge in [-0.2, -0.15) is 9.36 Å². The summed E-state index contributed by atoms with van der Waals surface area (Å²) >= 11 is 0. The summed E-state index contributed by atoms with van der Waals surface area (Å²) in [6.07, 6.45) is 2.62. The molecule has 1 N–H and O–H groups in total. The quantitative estimate of drug-likeness (QED) is 0.490. The van der Waals surface area contributed by atoms with Gasteiger partial charge in [-0.15, -0.1) is 5.11 Å². The molecule has 0 fully saturated rings. The number of nitrogens with one attached hydrogen (secondary N) is 1. The second-order valence-electron chi connectivity index (χ2n) is 3.88. The van der Waals surface area contributed by atoms with Gasteiger partial charge in [0.25, 0.3) is 0 Å². The van der Waals surface area contributed by atoms with Crippen LogP contribution < -0.4 is 5.43 Å². The second-order valence-corrected chi connectivity index (χ2v) is 3.88. The zero-order chi connectivity index (χ0) is 15.6. The van der Waals surface area contributed by atoms with E-state index in [1.165, 1.54) is 35.9 Å². The fourth-order valence-corrected chi connectivity index (χ4v) is 1.49. The van der Waals surface area contributed by atoms with Gasteiger partial charge in [0.15, 0.2) is 5.69 Å². The summed E-state index contributed by atoms with van der Waals surface area (Å²) in [6.45, 7) is 0. The maximum atomic E-state index is 10.7. The average Bonchev–Trinajstić information content (AvgIpc) is 2.93. The van der Waals surface area contributed by atoms with Crippen molar-refractivity contribution in [1.29, 1.82) is 0 Å². The Morgan fingerprint density at radius 3 is 2.29 bits per heavy atom. The molecular formula is C8H9N9O4. The van der Waals surface area contributed by atoms with Crippen molar-refractivity contribution < 1.29 is 9.85 Å². The van der Waals surface area contributed by atoms with E-state index < -0.39 is 21.5 Å². The van der Waals surface area contributed by atoms with Crippen molar-refractivity contribution in [1.82, 2.24) is 19.6 Å². The normalized spacial score (nSPS) is 11.0. The molecule has 13 nitrogen and oxygen atoms in total. The van der Waals surface area contributed by atoms with E-state index in [0.29, 0.717) is 0 Å². The molecule has 2 aromatic rings. The van der Waals surface area contributed by atoms with Crippen LogP contribution in [0.15, 0.2) is 22.7 Å².